The minimum Gasteiger partial charge on any atom is -0.406 e. The Morgan fingerprint density at radius 3 is 2.57 bits per heavy atom. The third-order valence-electron chi connectivity index (χ3n) is 3.79. The molecule has 1 aliphatic heterocycles. The molecule has 2 amide bonds. The second-order valence-electron chi connectivity index (χ2n) is 5.68. The first-order valence-electron chi connectivity index (χ1n) is 8.06. The molecule has 1 N–H and O–H groups in total. The minimum atomic E-state index is -4.84. The SMILES string of the molecule is COCCN1C(=O)C(Nc2cccc(OC(F)(F)F)c2)=C(c2cccs2)C1=O. The number of rotatable bonds is 7. The number of benzene rings is 1. The van der Waals surface area contributed by atoms with Crippen LogP contribution in [-0.4, -0.2) is 43.3 Å². The van der Waals surface area contributed by atoms with E-state index in [1.807, 2.05) is 0 Å². The van der Waals surface area contributed by atoms with Crippen molar-refractivity contribution >= 4 is 34.4 Å². The fourth-order valence-corrected chi connectivity index (χ4v) is 3.41. The number of hydrogen-bond acceptors (Lipinski definition) is 6. The normalized spacial score (nSPS) is 14.8. The average molecular weight is 412 g/mol. The summed E-state index contributed by atoms with van der Waals surface area (Å²) in [5.74, 6) is -1.51. The Labute approximate surface area is 162 Å². The summed E-state index contributed by atoms with van der Waals surface area (Å²) in [6.07, 6.45) is -4.84. The van der Waals surface area contributed by atoms with Gasteiger partial charge in [-0.15, -0.1) is 24.5 Å². The number of carbonyl (C=O) groups excluding carboxylic acids is 2. The Kier molecular flexibility index (Phi) is 5.71. The second kappa shape index (κ2) is 8.03. The molecule has 28 heavy (non-hydrogen) atoms. The number of anilines is 1. The predicted molar refractivity (Wildman–Crippen MR) is 96.6 cm³/mol. The smallest absolute Gasteiger partial charge is 0.406 e. The molecule has 10 heteroatoms. The van der Waals surface area contributed by atoms with Crippen LogP contribution in [0.4, 0.5) is 18.9 Å². The Morgan fingerprint density at radius 1 is 1.14 bits per heavy atom. The lowest BCUT2D eigenvalue weighted by atomic mass is 10.2. The molecule has 1 aromatic carbocycles. The molecular weight excluding hydrogens is 397 g/mol. The van der Waals surface area contributed by atoms with Crippen LogP contribution in [0.25, 0.3) is 5.57 Å². The number of nitrogens with one attached hydrogen (secondary N) is 1. The van der Waals surface area contributed by atoms with E-state index in [1.54, 1.807) is 17.5 Å². The van der Waals surface area contributed by atoms with Crippen molar-refractivity contribution in [1.82, 2.24) is 4.90 Å². The molecule has 0 atom stereocenters. The number of methoxy groups -OCH3 is 1. The summed E-state index contributed by atoms with van der Waals surface area (Å²) in [7, 11) is 1.45. The van der Waals surface area contributed by atoms with E-state index in [1.165, 1.54) is 30.6 Å². The molecular formula is C18H15F3N2O4S. The number of halogens is 3. The van der Waals surface area contributed by atoms with Crippen molar-refractivity contribution in [1.29, 1.82) is 0 Å². The van der Waals surface area contributed by atoms with Crippen LogP contribution in [0.15, 0.2) is 47.5 Å². The van der Waals surface area contributed by atoms with Gasteiger partial charge in [0.15, 0.2) is 0 Å². The van der Waals surface area contributed by atoms with Gasteiger partial charge in [0.2, 0.25) is 0 Å². The second-order valence-corrected chi connectivity index (χ2v) is 6.63. The van der Waals surface area contributed by atoms with Gasteiger partial charge in [-0.25, -0.2) is 0 Å². The highest BCUT2D eigenvalue weighted by molar-refractivity contribution is 7.11. The topological polar surface area (TPSA) is 67.9 Å². The lowest BCUT2D eigenvalue weighted by Gasteiger charge is -2.15. The molecule has 0 fully saturated rings. The van der Waals surface area contributed by atoms with Crippen molar-refractivity contribution in [3.8, 4) is 5.75 Å². The summed E-state index contributed by atoms with van der Waals surface area (Å²) in [6.45, 7) is 0.225. The largest absolute Gasteiger partial charge is 0.573 e. The predicted octanol–water partition coefficient (Wildman–Crippen LogP) is 3.49. The first-order valence-corrected chi connectivity index (χ1v) is 8.94. The highest BCUT2D eigenvalue weighted by Gasteiger charge is 2.39. The van der Waals surface area contributed by atoms with Crippen molar-refractivity contribution in [3.63, 3.8) is 0 Å². The van der Waals surface area contributed by atoms with Gasteiger partial charge >= 0.3 is 6.36 Å². The van der Waals surface area contributed by atoms with Crippen LogP contribution in [0.1, 0.15) is 4.88 Å². The monoisotopic (exact) mass is 412 g/mol. The Morgan fingerprint density at radius 2 is 1.93 bits per heavy atom. The summed E-state index contributed by atoms with van der Waals surface area (Å²) in [5.41, 5.74) is 0.339. The molecule has 2 aromatic rings. The number of nitrogens with zero attached hydrogens (tertiary/aromatic N) is 1. The van der Waals surface area contributed by atoms with Crippen LogP contribution in [0.5, 0.6) is 5.75 Å². The minimum absolute atomic E-state index is 0.00675. The van der Waals surface area contributed by atoms with Crippen molar-refractivity contribution in [2.75, 3.05) is 25.6 Å². The molecule has 0 unspecified atom stereocenters. The molecule has 0 radical (unpaired) electrons. The number of amides is 2. The maximum atomic E-state index is 12.8. The summed E-state index contributed by atoms with van der Waals surface area (Å²) in [5, 5.41) is 4.54. The van der Waals surface area contributed by atoms with Crippen molar-refractivity contribution < 1.29 is 32.2 Å². The van der Waals surface area contributed by atoms with E-state index < -0.39 is 23.9 Å². The summed E-state index contributed by atoms with van der Waals surface area (Å²) < 4.78 is 46.2. The zero-order valence-electron chi connectivity index (χ0n) is 14.6. The maximum Gasteiger partial charge on any atom is 0.573 e. The van der Waals surface area contributed by atoms with E-state index in [2.05, 4.69) is 10.1 Å². The third-order valence-corrected chi connectivity index (χ3v) is 4.68. The van der Waals surface area contributed by atoms with Gasteiger partial charge in [0.05, 0.1) is 18.7 Å². The van der Waals surface area contributed by atoms with E-state index in [0.717, 1.165) is 17.0 Å². The van der Waals surface area contributed by atoms with Crippen molar-refractivity contribution in [3.05, 3.63) is 52.4 Å². The van der Waals surface area contributed by atoms with E-state index in [0.29, 0.717) is 4.88 Å². The van der Waals surface area contributed by atoms with Gasteiger partial charge in [0.25, 0.3) is 11.8 Å². The van der Waals surface area contributed by atoms with Crippen LogP contribution < -0.4 is 10.1 Å². The molecule has 2 heterocycles. The molecule has 1 aliphatic rings. The number of imide groups is 1. The summed E-state index contributed by atoms with van der Waals surface area (Å²) in [6, 6.07) is 8.48. The first-order chi connectivity index (χ1) is 13.3. The standard InChI is InChI=1S/C18H15F3N2O4S/c1-26-8-7-23-16(24)14(13-6-3-9-28-13)15(17(23)25)22-11-4-2-5-12(10-11)27-18(19,20)21/h2-6,9-10,22H,7-8H2,1H3. The number of ether oxygens (including phenoxy) is 2. The zero-order valence-corrected chi connectivity index (χ0v) is 15.4. The van der Waals surface area contributed by atoms with Crippen LogP contribution >= 0.6 is 11.3 Å². The van der Waals surface area contributed by atoms with Gasteiger partial charge in [-0.1, -0.05) is 12.1 Å². The summed E-state index contributed by atoms with van der Waals surface area (Å²) >= 11 is 1.27. The molecule has 0 saturated carbocycles. The molecule has 6 nitrogen and oxygen atoms in total. The van der Waals surface area contributed by atoms with Gasteiger partial charge < -0.3 is 14.8 Å². The Hall–Kier alpha value is -2.85. The molecule has 0 spiro atoms. The van der Waals surface area contributed by atoms with Gasteiger partial charge in [-0.2, -0.15) is 0 Å². The number of carbonyl (C=O) groups is 2. The van der Waals surface area contributed by atoms with Crippen LogP contribution in [0.3, 0.4) is 0 Å². The van der Waals surface area contributed by atoms with Gasteiger partial charge in [0.1, 0.15) is 11.4 Å². The average Bonchev–Trinajstić information content (AvgIpc) is 3.21. The van der Waals surface area contributed by atoms with E-state index in [-0.39, 0.29) is 30.1 Å². The Balaban J connectivity index is 1.94. The molecule has 148 valence electrons. The molecule has 0 saturated heterocycles. The maximum absolute atomic E-state index is 12.8. The van der Waals surface area contributed by atoms with E-state index >= 15 is 0 Å². The van der Waals surface area contributed by atoms with Crippen molar-refractivity contribution in [2.24, 2.45) is 0 Å². The zero-order chi connectivity index (χ0) is 20.3. The molecule has 0 aliphatic carbocycles. The van der Waals surface area contributed by atoms with Crippen LogP contribution in [0.2, 0.25) is 0 Å². The van der Waals surface area contributed by atoms with Crippen LogP contribution in [0, 0.1) is 0 Å². The van der Waals surface area contributed by atoms with E-state index in [4.69, 9.17) is 4.74 Å². The molecule has 3 rings (SSSR count). The van der Waals surface area contributed by atoms with Gasteiger partial charge in [-0.05, 0) is 23.6 Å². The number of thiophene rings is 1. The fraction of sp³-hybridized carbons (Fsp3) is 0.222. The Bertz CT molecular complexity index is 910. The summed E-state index contributed by atoms with van der Waals surface area (Å²) in [4.78, 5) is 27.1. The molecule has 0 bridgehead atoms. The first kappa shape index (κ1) is 19.9. The van der Waals surface area contributed by atoms with Crippen LogP contribution in [-0.2, 0) is 14.3 Å². The molecule has 1 aromatic heterocycles. The van der Waals surface area contributed by atoms with Crippen molar-refractivity contribution in [2.45, 2.75) is 6.36 Å². The highest BCUT2D eigenvalue weighted by Crippen LogP contribution is 2.33. The quantitative estimate of drug-likeness (QED) is 0.706. The number of alkyl halides is 3. The van der Waals surface area contributed by atoms with Gasteiger partial charge in [0, 0.05) is 23.7 Å². The highest BCUT2D eigenvalue weighted by atomic mass is 32.1. The van der Waals surface area contributed by atoms with Gasteiger partial charge in [-0.3, -0.25) is 14.5 Å². The lowest BCUT2D eigenvalue weighted by molar-refractivity contribution is -0.274. The number of hydrogen-bond donors (Lipinski definition) is 1. The third kappa shape index (κ3) is 4.34. The van der Waals surface area contributed by atoms with E-state index in [9.17, 15) is 22.8 Å². The lowest BCUT2D eigenvalue weighted by Crippen LogP contribution is -2.35. The fourth-order valence-electron chi connectivity index (χ4n) is 2.64.